The standard InChI is InChI=1S/C25H36N6O6S/c1-17(32)20-15-26-21-19(28-10-12-29(13-11-28)22(33)27(6)7)14-18(16-30(20)21)38(35,36)31(25(5)8-9-25)23(34)37-24(2,3)4/h14-16H,8-13H2,1-7H3. The number of anilines is 1. The third kappa shape index (κ3) is 5.16. The molecule has 12 nitrogen and oxygen atoms in total. The van der Waals surface area contributed by atoms with Crippen molar-refractivity contribution in [3.8, 4) is 0 Å². The summed E-state index contributed by atoms with van der Waals surface area (Å²) >= 11 is 0. The summed E-state index contributed by atoms with van der Waals surface area (Å²) in [5, 5.41) is 0. The van der Waals surface area contributed by atoms with E-state index in [9.17, 15) is 22.8 Å². The minimum absolute atomic E-state index is 0.100. The van der Waals surface area contributed by atoms with Gasteiger partial charge < -0.3 is 19.4 Å². The van der Waals surface area contributed by atoms with Gasteiger partial charge in [0.1, 0.15) is 16.2 Å². The van der Waals surface area contributed by atoms with Gasteiger partial charge in [0.15, 0.2) is 11.4 Å². The zero-order valence-corrected chi connectivity index (χ0v) is 23.8. The van der Waals surface area contributed by atoms with E-state index < -0.39 is 27.3 Å². The SMILES string of the molecule is CC(=O)c1cnc2c(N3CCN(C(=O)N(C)C)CC3)cc(S(=O)(=O)N(C(=O)OC(C)(C)C)C3(C)CC3)cn12. The summed E-state index contributed by atoms with van der Waals surface area (Å²) in [5.74, 6) is -0.280. The molecule has 0 bridgehead atoms. The molecular weight excluding hydrogens is 512 g/mol. The number of carbonyl (C=O) groups excluding carboxylic acids is 3. The summed E-state index contributed by atoms with van der Waals surface area (Å²) < 4.78 is 35.9. The van der Waals surface area contributed by atoms with Gasteiger partial charge in [0, 0.05) is 53.4 Å². The van der Waals surface area contributed by atoms with Crippen LogP contribution in [0.3, 0.4) is 0 Å². The molecule has 0 N–H and O–H groups in total. The van der Waals surface area contributed by atoms with Gasteiger partial charge in [0.2, 0.25) is 0 Å². The fourth-order valence-corrected chi connectivity index (χ4v) is 6.21. The summed E-state index contributed by atoms with van der Waals surface area (Å²) in [6.45, 7) is 9.89. The number of amides is 3. The monoisotopic (exact) mass is 548 g/mol. The number of fused-ring (bicyclic) bond motifs is 1. The second-order valence-corrected chi connectivity index (χ2v) is 13.1. The Bertz CT molecular complexity index is 1380. The lowest BCUT2D eigenvalue weighted by molar-refractivity contribution is 0.0331. The second-order valence-electron chi connectivity index (χ2n) is 11.4. The third-order valence-corrected chi connectivity index (χ3v) is 8.65. The van der Waals surface area contributed by atoms with Gasteiger partial charge in [-0.15, -0.1) is 0 Å². The molecule has 0 radical (unpaired) electrons. The van der Waals surface area contributed by atoms with E-state index in [0.717, 1.165) is 4.31 Å². The number of rotatable bonds is 5. The number of nitrogens with zero attached hydrogens (tertiary/aromatic N) is 6. The Morgan fingerprint density at radius 1 is 1.08 bits per heavy atom. The molecule has 2 fully saturated rings. The number of ether oxygens (including phenoxy) is 1. The van der Waals surface area contributed by atoms with Crippen molar-refractivity contribution in [1.82, 2.24) is 23.5 Å². The molecule has 1 saturated carbocycles. The van der Waals surface area contributed by atoms with E-state index in [-0.39, 0.29) is 22.4 Å². The highest BCUT2D eigenvalue weighted by Gasteiger charge is 2.53. The first kappa shape index (κ1) is 27.7. The average Bonchev–Trinajstić information content (AvgIpc) is 3.37. The Hall–Kier alpha value is -3.35. The lowest BCUT2D eigenvalue weighted by Crippen LogP contribution is -2.51. The van der Waals surface area contributed by atoms with Crippen LogP contribution in [0.1, 0.15) is 57.9 Å². The zero-order chi connectivity index (χ0) is 28.2. The molecule has 3 amide bonds. The number of aromatic nitrogens is 2. The van der Waals surface area contributed by atoms with Crippen molar-refractivity contribution in [1.29, 1.82) is 0 Å². The van der Waals surface area contributed by atoms with E-state index in [0.29, 0.717) is 50.4 Å². The van der Waals surface area contributed by atoms with E-state index in [1.165, 1.54) is 34.7 Å². The molecular formula is C25H36N6O6S. The molecule has 0 unspecified atom stereocenters. The Morgan fingerprint density at radius 2 is 1.68 bits per heavy atom. The number of Topliss-reactive ketones (excluding diaryl/α,β-unsaturated/α-hetero) is 1. The van der Waals surface area contributed by atoms with Gasteiger partial charge in [-0.05, 0) is 46.6 Å². The van der Waals surface area contributed by atoms with E-state index in [1.807, 2.05) is 4.90 Å². The van der Waals surface area contributed by atoms with Crippen molar-refractivity contribution in [3.63, 3.8) is 0 Å². The first-order valence-corrected chi connectivity index (χ1v) is 14.0. The van der Waals surface area contributed by atoms with Gasteiger partial charge in [-0.25, -0.2) is 23.0 Å². The predicted octanol–water partition coefficient (Wildman–Crippen LogP) is 2.82. The summed E-state index contributed by atoms with van der Waals surface area (Å²) in [6.07, 6.45) is 2.86. The lowest BCUT2D eigenvalue weighted by Gasteiger charge is -2.37. The molecule has 1 aliphatic heterocycles. The molecule has 0 atom stereocenters. The summed E-state index contributed by atoms with van der Waals surface area (Å²) in [7, 11) is -0.992. The smallest absolute Gasteiger partial charge is 0.424 e. The third-order valence-electron chi connectivity index (χ3n) is 6.76. The number of sulfonamides is 1. The maximum absolute atomic E-state index is 14.1. The van der Waals surface area contributed by atoms with Crippen molar-refractivity contribution < 1.29 is 27.5 Å². The van der Waals surface area contributed by atoms with E-state index in [4.69, 9.17) is 4.74 Å². The topological polar surface area (TPSA) is 125 Å². The van der Waals surface area contributed by atoms with Gasteiger partial charge >= 0.3 is 12.1 Å². The van der Waals surface area contributed by atoms with Crippen molar-refractivity contribution in [2.24, 2.45) is 0 Å². The number of hydrogen-bond donors (Lipinski definition) is 0. The fraction of sp³-hybridized carbons (Fsp3) is 0.600. The summed E-state index contributed by atoms with van der Waals surface area (Å²) in [5.41, 5.74) is -0.641. The molecule has 0 spiro atoms. The fourth-order valence-electron chi connectivity index (χ4n) is 4.50. The van der Waals surface area contributed by atoms with Crippen molar-refractivity contribution in [2.75, 3.05) is 45.2 Å². The normalized spacial score (nSPS) is 17.3. The molecule has 38 heavy (non-hydrogen) atoms. The number of carbonyl (C=O) groups is 3. The highest BCUT2D eigenvalue weighted by atomic mass is 32.2. The number of pyridine rings is 1. The zero-order valence-electron chi connectivity index (χ0n) is 23.0. The van der Waals surface area contributed by atoms with Crippen molar-refractivity contribution >= 4 is 39.3 Å². The van der Waals surface area contributed by atoms with Crippen molar-refractivity contribution in [2.45, 2.75) is 63.5 Å². The first-order valence-electron chi connectivity index (χ1n) is 12.6. The minimum Gasteiger partial charge on any atom is -0.443 e. The van der Waals surface area contributed by atoms with Crippen LogP contribution in [0, 0.1) is 0 Å². The molecule has 1 saturated heterocycles. The quantitative estimate of drug-likeness (QED) is 0.523. The Morgan fingerprint density at radius 3 is 2.18 bits per heavy atom. The van der Waals surface area contributed by atoms with Gasteiger partial charge in [-0.1, -0.05) is 0 Å². The molecule has 1 aliphatic carbocycles. The second kappa shape index (κ2) is 9.44. The van der Waals surface area contributed by atoms with Gasteiger partial charge in [0.25, 0.3) is 10.0 Å². The van der Waals surface area contributed by atoms with Gasteiger partial charge in [0.05, 0.1) is 17.4 Å². The maximum atomic E-state index is 14.1. The van der Waals surface area contributed by atoms with Crippen LogP contribution in [0.15, 0.2) is 23.4 Å². The number of piperazine rings is 1. The van der Waals surface area contributed by atoms with Crippen LogP contribution in [0.2, 0.25) is 0 Å². The van der Waals surface area contributed by atoms with Crippen molar-refractivity contribution in [3.05, 3.63) is 24.2 Å². The number of urea groups is 1. The Kier molecular flexibility index (Phi) is 6.87. The van der Waals surface area contributed by atoms with Crippen LogP contribution < -0.4 is 4.90 Å². The number of hydrogen-bond acceptors (Lipinski definition) is 8. The lowest BCUT2D eigenvalue weighted by atomic mass is 10.2. The van der Waals surface area contributed by atoms with E-state index in [1.54, 1.807) is 46.7 Å². The minimum atomic E-state index is -4.38. The average molecular weight is 549 g/mol. The van der Waals surface area contributed by atoms with Crippen LogP contribution in [0.5, 0.6) is 0 Å². The van der Waals surface area contributed by atoms with Gasteiger partial charge in [-0.3, -0.25) is 9.20 Å². The van der Waals surface area contributed by atoms with Gasteiger partial charge in [-0.2, -0.15) is 4.31 Å². The highest BCUT2D eigenvalue weighted by molar-refractivity contribution is 7.89. The van der Waals surface area contributed by atoms with Crippen LogP contribution in [-0.2, 0) is 14.8 Å². The Balaban J connectivity index is 1.80. The maximum Gasteiger partial charge on any atom is 0.424 e. The van der Waals surface area contributed by atoms with Crippen LogP contribution in [0.4, 0.5) is 15.3 Å². The molecule has 2 aliphatic rings. The van der Waals surface area contributed by atoms with E-state index in [2.05, 4.69) is 4.98 Å². The largest absolute Gasteiger partial charge is 0.443 e. The Labute approximate surface area is 223 Å². The van der Waals surface area contributed by atoms with Crippen LogP contribution in [-0.4, -0.2) is 101 Å². The molecule has 2 aromatic rings. The predicted molar refractivity (Wildman–Crippen MR) is 141 cm³/mol. The molecule has 13 heteroatoms. The molecule has 4 rings (SSSR count). The number of imidazole rings is 1. The van der Waals surface area contributed by atoms with Crippen LogP contribution >= 0.6 is 0 Å². The molecule has 2 aromatic heterocycles. The first-order chi connectivity index (χ1) is 17.5. The molecule has 3 heterocycles. The summed E-state index contributed by atoms with van der Waals surface area (Å²) in [4.78, 5) is 47.4. The highest BCUT2D eigenvalue weighted by Crippen LogP contribution is 2.45. The van der Waals surface area contributed by atoms with Crippen LogP contribution in [0.25, 0.3) is 5.65 Å². The van der Waals surface area contributed by atoms with E-state index >= 15 is 0 Å². The molecule has 0 aromatic carbocycles. The summed E-state index contributed by atoms with van der Waals surface area (Å²) in [6, 6.07) is 1.39. The molecule has 208 valence electrons. The number of ketones is 1.